The van der Waals surface area contributed by atoms with Gasteiger partial charge in [0.2, 0.25) is 0 Å². The van der Waals surface area contributed by atoms with Crippen molar-refractivity contribution >= 4 is 17.4 Å². The van der Waals surface area contributed by atoms with Crippen molar-refractivity contribution in [2.45, 2.75) is 50.5 Å². The zero-order chi connectivity index (χ0) is 22.5. The summed E-state index contributed by atoms with van der Waals surface area (Å²) in [5.41, 5.74) is -0.127. The van der Waals surface area contributed by atoms with Gasteiger partial charge in [-0.3, -0.25) is 4.79 Å². The van der Waals surface area contributed by atoms with Crippen LogP contribution in [0.2, 0.25) is 0 Å². The fraction of sp³-hybridized carbons (Fsp3) is 0.435. The summed E-state index contributed by atoms with van der Waals surface area (Å²) in [6.45, 7) is 6.89. The van der Waals surface area contributed by atoms with E-state index in [2.05, 4.69) is 21.6 Å². The number of halogens is 2. The molecule has 0 saturated carbocycles. The maximum Gasteiger partial charge on any atom is 0.257 e. The van der Waals surface area contributed by atoms with Crippen LogP contribution in [0.25, 0.3) is 5.65 Å². The predicted octanol–water partition coefficient (Wildman–Crippen LogP) is 3.54. The van der Waals surface area contributed by atoms with Crippen LogP contribution in [0.4, 0.5) is 14.6 Å². The third-order valence-electron chi connectivity index (χ3n) is 6.63. The Bertz CT molecular complexity index is 1130. The molecular formula is C23H25F2N5O2. The monoisotopic (exact) mass is 441 g/mol. The van der Waals surface area contributed by atoms with E-state index in [1.807, 2.05) is 0 Å². The first kappa shape index (κ1) is 20.8. The fourth-order valence-electron chi connectivity index (χ4n) is 5.08. The van der Waals surface area contributed by atoms with Gasteiger partial charge in [0.15, 0.2) is 17.1 Å². The number of fused-ring (bicyclic) bond motifs is 2. The van der Waals surface area contributed by atoms with Gasteiger partial charge in [0.25, 0.3) is 5.91 Å². The third kappa shape index (κ3) is 3.23. The van der Waals surface area contributed by atoms with Crippen molar-refractivity contribution in [1.29, 1.82) is 0 Å². The minimum atomic E-state index is -0.882. The van der Waals surface area contributed by atoms with Crippen LogP contribution in [0.3, 0.4) is 0 Å². The Morgan fingerprint density at radius 2 is 2.12 bits per heavy atom. The van der Waals surface area contributed by atoms with Gasteiger partial charge in [0, 0.05) is 32.1 Å². The number of hydrogen-bond donors (Lipinski definition) is 0. The first-order chi connectivity index (χ1) is 15.4. The van der Waals surface area contributed by atoms with E-state index >= 15 is 0 Å². The number of ether oxygens (including phenoxy) is 1. The number of nitrogens with zero attached hydrogens (tertiary/aromatic N) is 5. The first-order valence-corrected chi connectivity index (χ1v) is 10.9. The molecule has 5 heterocycles. The molecule has 3 fully saturated rings. The lowest BCUT2D eigenvalue weighted by Gasteiger charge is -2.38. The van der Waals surface area contributed by atoms with Crippen LogP contribution in [0.15, 0.2) is 54.7 Å². The Morgan fingerprint density at radius 1 is 1.34 bits per heavy atom. The standard InChI is InChI=1S/C23H25F2N5O2/c1-3-4-16(24)13-15(2)18-5-6-20-29(18)22(31)23(32-20)8-11-28(12-9-23)19-7-10-26-21-17(25)14-27-30(19)21/h3-4,7,10,13-14,18,20H,2,5-6,8-9,11-12H2,1H3/b4-3-,16-13+/t18-,20-/m0/s1. The second-order valence-electron chi connectivity index (χ2n) is 8.49. The summed E-state index contributed by atoms with van der Waals surface area (Å²) in [5, 5.41) is 4.09. The second-order valence-corrected chi connectivity index (χ2v) is 8.49. The number of rotatable bonds is 4. The molecule has 0 radical (unpaired) electrons. The van der Waals surface area contributed by atoms with E-state index in [1.165, 1.54) is 16.7 Å². The molecule has 2 atom stereocenters. The Balaban J connectivity index is 1.32. The highest BCUT2D eigenvalue weighted by atomic mass is 19.1. The number of carbonyl (C=O) groups is 1. The van der Waals surface area contributed by atoms with Gasteiger partial charge in [-0.15, -0.1) is 0 Å². The summed E-state index contributed by atoms with van der Waals surface area (Å²) < 4.78 is 35.6. The molecule has 1 spiro atoms. The molecule has 0 aliphatic carbocycles. The van der Waals surface area contributed by atoms with Gasteiger partial charge < -0.3 is 14.5 Å². The predicted molar refractivity (Wildman–Crippen MR) is 115 cm³/mol. The Morgan fingerprint density at radius 3 is 2.88 bits per heavy atom. The normalized spacial score (nSPS) is 25.5. The highest BCUT2D eigenvalue weighted by molar-refractivity contribution is 5.88. The summed E-state index contributed by atoms with van der Waals surface area (Å²) in [6, 6.07) is 1.53. The molecule has 3 aliphatic heterocycles. The zero-order valence-electron chi connectivity index (χ0n) is 17.9. The highest BCUT2D eigenvalue weighted by Crippen LogP contribution is 2.44. The second kappa shape index (κ2) is 7.81. The van der Waals surface area contributed by atoms with Gasteiger partial charge in [-0.2, -0.15) is 9.61 Å². The molecule has 32 heavy (non-hydrogen) atoms. The van der Waals surface area contributed by atoms with E-state index in [1.54, 1.807) is 30.2 Å². The minimum Gasteiger partial charge on any atom is -0.356 e. The number of piperidine rings is 1. The van der Waals surface area contributed by atoms with Crippen LogP contribution in [0.1, 0.15) is 32.6 Å². The average molecular weight is 441 g/mol. The quantitative estimate of drug-likeness (QED) is 0.680. The van der Waals surface area contributed by atoms with Crippen LogP contribution in [0.5, 0.6) is 0 Å². The molecule has 0 unspecified atom stereocenters. The summed E-state index contributed by atoms with van der Waals surface area (Å²) in [7, 11) is 0. The number of amides is 1. The Labute approximate surface area is 184 Å². The molecule has 9 heteroatoms. The van der Waals surface area contributed by atoms with Crippen molar-refractivity contribution in [1.82, 2.24) is 19.5 Å². The van der Waals surface area contributed by atoms with E-state index < -0.39 is 11.4 Å². The van der Waals surface area contributed by atoms with Crippen molar-refractivity contribution in [2.75, 3.05) is 18.0 Å². The summed E-state index contributed by atoms with van der Waals surface area (Å²) >= 11 is 0. The largest absolute Gasteiger partial charge is 0.356 e. The summed E-state index contributed by atoms with van der Waals surface area (Å²) in [6.07, 6.45) is 9.22. The smallest absolute Gasteiger partial charge is 0.257 e. The van der Waals surface area contributed by atoms with Crippen molar-refractivity contribution in [3.8, 4) is 0 Å². The van der Waals surface area contributed by atoms with E-state index in [9.17, 15) is 13.6 Å². The molecular weight excluding hydrogens is 416 g/mol. The van der Waals surface area contributed by atoms with Gasteiger partial charge >= 0.3 is 0 Å². The van der Waals surface area contributed by atoms with E-state index in [-0.39, 0.29) is 29.7 Å². The summed E-state index contributed by atoms with van der Waals surface area (Å²) in [4.78, 5) is 21.4. The lowest BCUT2D eigenvalue weighted by molar-refractivity contribution is -0.140. The molecule has 0 aromatic carbocycles. The lowest BCUT2D eigenvalue weighted by atomic mass is 9.89. The van der Waals surface area contributed by atoms with Crippen LogP contribution < -0.4 is 4.90 Å². The molecule has 1 amide bonds. The van der Waals surface area contributed by atoms with Crippen molar-refractivity contribution in [3.63, 3.8) is 0 Å². The van der Waals surface area contributed by atoms with Gasteiger partial charge in [-0.1, -0.05) is 12.7 Å². The van der Waals surface area contributed by atoms with Crippen LogP contribution in [-0.4, -0.2) is 56.4 Å². The number of carbonyl (C=O) groups excluding carboxylic acids is 1. The van der Waals surface area contributed by atoms with E-state index in [0.29, 0.717) is 44.3 Å². The maximum atomic E-state index is 14.0. The molecule has 168 valence electrons. The molecule has 3 aliphatic rings. The van der Waals surface area contributed by atoms with E-state index in [4.69, 9.17) is 4.74 Å². The van der Waals surface area contributed by atoms with Crippen LogP contribution in [0, 0.1) is 5.82 Å². The summed E-state index contributed by atoms with van der Waals surface area (Å²) in [5.74, 6) is -0.164. The van der Waals surface area contributed by atoms with Crippen molar-refractivity contribution in [3.05, 3.63) is 60.5 Å². The van der Waals surface area contributed by atoms with Crippen LogP contribution in [-0.2, 0) is 9.53 Å². The Hall–Kier alpha value is -3.07. The van der Waals surface area contributed by atoms with Crippen molar-refractivity contribution in [2.24, 2.45) is 0 Å². The number of hydrogen-bond acceptors (Lipinski definition) is 5. The number of allylic oxidation sites excluding steroid dienone is 3. The van der Waals surface area contributed by atoms with Crippen molar-refractivity contribution < 1.29 is 18.3 Å². The van der Waals surface area contributed by atoms with Gasteiger partial charge in [-0.25, -0.2) is 13.8 Å². The topological polar surface area (TPSA) is 63.0 Å². The Kier molecular flexibility index (Phi) is 5.08. The fourth-order valence-corrected chi connectivity index (χ4v) is 5.08. The SMILES string of the molecule is C=C(/C=C(F)\C=C/C)[C@@H]1CC[C@@H]2OC3(CCN(c4ccnc5c(F)cnn45)CC3)C(=O)N21. The van der Waals surface area contributed by atoms with Gasteiger partial charge in [0.1, 0.15) is 17.9 Å². The average Bonchev–Trinajstić information content (AvgIpc) is 3.44. The number of aromatic nitrogens is 3. The highest BCUT2D eigenvalue weighted by Gasteiger charge is 2.58. The van der Waals surface area contributed by atoms with E-state index in [0.717, 1.165) is 12.0 Å². The van der Waals surface area contributed by atoms with Gasteiger partial charge in [-0.05, 0) is 43.6 Å². The molecule has 5 rings (SSSR count). The lowest BCUT2D eigenvalue weighted by Crippen LogP contribution is -2.51. The molecule has 0 bridgehead atoms. The molecule has 2 aromatic heterocycles. The maximum absolute atomic E-state index is 14.0. The third-order valence-corrected chi connectivity index (χ3v) is 6.63. The zero-order valence-corrected chi connectivity index (χ0v) is 17.9. The van der Waals surface area contributed by atoms with Gasteiger partial charge in [0.05, 0.1) is 12.2 Å². The first-order valence-electron chi connectivity index (χ1n) is 10.9. The van der Waals surface area contributed by atoms with Crippen LogP contribution >= 0.6 is 0 Å². The molecule has 0 N–H and O–H groups in total. The molecule has 2 aromatic rings. The number of anilines is 1. The molecule has 7 nitrogen and oxygen atoms in total. The molecule has 3 saturated heterocycles. The minimum absolute atomic E-state index is 0.0457.